The van der Waals surface area contributed by atoms with Gasteiger partial charge in [-0.05, 0) is 25.6 Å². The molecule has 0 fully saturated rings. The largest absolute Gasteiger partial charge is 0.460 e. The normalized spacial score (nSPS) is 9.94. The summed E-state index contributed by atoms with van der Waals surface area (Å²) in [5.74, 6) is -0.406. The lowest BCUT2D eigenvalue weighted by atomic mass is 10.5. The Balaban J connectivity index is -0.00000112. The molecular formula is C13H30O4Si. The molecule has 0 unspecified atom stereocenters. The highest BCUT2D eigenvalue weighted by molar-refractivity contribution is 6.71. The SMILES string of the molecule is C.C.C=CC(=O)OCCOCCC[Si](C)(C)OC. The van der Waals surface area contributed by atoms with Crippen molar-refractivity contribution in [1.29, 1.82) is 0 Å². The molecule has 0 rings (SSSR count). The van der Waals surface area contributed by atoms with Gasteiger partial charge in [-0.2, -0.15) is 0 Å². The molecule has 0 heterocycles. The van der Waals surface area contributed by atoms with Crippen LogP contribution in [-0.4, -0.2) is 41.2 Å². The second-order valence-corrected chi connectivity index (χ2v) is 8.48. The second-order valence-electron chi connectivity index (χ2n) is 4.05. The molecule has 4 nitrogen and oxygen atoms in total. The minimum absolute atomic E-state index is 0. The van der Waals surface area contributed by atoms with E-state index in [1.54, 1.807) is 7.11 Å². The molecule has 0 aliphatic heterocycles. The molecular weight excluding hydrogens is 248 g/mol. The van der Waals surface area contributed by atoms with E-state index in [4.69, 9.17) is 13.9 Å². The Hall–Kier alpha value is -0.653. The summed E-state index contributed by atoms with van der Waals surface area (Å²) in [5, 5.41) is 0. The standard InChI is InChI=1S/C11H22O4Si.2CH4/c1-5-11(12)15-9-8-14-7-6-10-16(3,4)13-2;;/h5H,1,6-10H2,2-4H3;2*1H4. The maximum atomic E-state index is 10.7. The van der Waals surface area contributed by atoms with Gasteiger partial charge in [0.1, 0.15) is 6.61 Å². The zero-order chi connectivity index (χ0) is 12.4. The lowest BCUT2D eigenvalue weighted by Gasteiger charge is -2.19. The van der Waals surface area contributed by atoms with Gasteiger partial charge >= 0.3 is 5.97 Å². The highest BCUT2D eigenvalue weighted by Crippen LogP contribution is 2.11. The van der Waals surface area contributed by atoms with Crippen LogP contribution in [0.2, 0.25) is 19.1 Å². The van der Waals surface area contributed by atoms with E-state index in [2.05, 4.69) is 19.7 Å². The van der Waals surface area contributed by atoms with Crippen molar-refractivity contribution >= 4 is 14.3 Å². The number of hydrogen-bond acceptors (Lipinski definition) is 4. The number of esters is 1. The molecule has 0 aliphatic rings. The van der Waals surface area contributed by atoms with Crippen molar-refractivity contribution in [2.45, 2.75) is 40.4 Å². The quantitative estimate of drug-likeness (QED) is 0.281. The van der Waals surface area contributed by atoms with Gasteiger partial charge in [0.2, 0.25) is 0 Å². The molecule has 18 heavy (non-hydrogen) atoms. The number of carbonyl (C=O) groups is 1. The van der Waals surface area contributed by atoms with E-state index >= 15 is 0 Å². The molecule has 0 atom stereocenters. The van der Waals surface area contributed by atoms with Crippen LogP contribution in [0.15, 0.2) is 12.7 Å². The Labute approximate surface area is 113 Å². The van der Waals surface area contributed by atoms with Crippen molar-refractivity contribution < 1.29 is 18.7 Å². The smallest absolute Gasteiger partial charge is 0.330 e. The van der Waals surface area contributed by atoms with E-state index in [0.29, 0.717) is 13.2 Å². The first-order chi connectivity index (χ1) is 7.52. The van der Waals surface area contributed by atoms with E-state index in [0.717, 1.165) is 18.5 Å². The molecule has 0 spiro atoms. The molecule has 0 radical (unpaired) electrons. The van der Waals surface area contributed by atoms with Crippen LogP contribution < -0.4 is 0 Å². The third-order valence-electron chi connectivity index (χ3n) is 2.26. The maximum Gasteiger partial charge on any atom is 0.330 e. The third kappa shape index (κ3) is 13.4. The van der Waals surface area contributed by atoms with Crippen molar-refractivity contribution in [3.8, 4) is 0 Å². The average molecular weight is 278 g/mol. The fourth-order valence-electron chi connectivity index (χ4n) is 1.06. The van der Waals surface area contributed by atoms with E-state index in [1.165, 1.54) is 0 Å². The molecule has 0 saturated carbocycles. The number of hydrogen-bond donors (Lipinski definition) is 0. The van der Waals surface area contributed by atoms with Gasteiger partial charge in [0, 0.05) is 19.8 Å². The fraction of sp³-hybridized carbons (Fsp3) is 0.769. The summed E-state index contributed by atoms with van der Waals surface area (Å²) in [5.41, 5.74) is 0. The Kier molecular flexibility index (Phi) is 16.0. The number of ether oxygens (including phenoxy) is 2. The first kappa shape index (κ1) is 22.5. The van der Waals surface area contributed by atoms with Crippen molar-refractivity contribution in [3.63, 3.8) is 0 Å². The average Bonchev–Trinajstić information content (AvgIpc) is 2.27. The van der Waals surface area contributed by atoms with Gasteiger partial charge in [0.15, 0.2) is 8.32 Å². The minimum atomic E-state index is -1.45. The first-order valence-corrected chi connectivity index (χ1v) is 8.55. The Morgan fingerprint density at radius 2 is 1.83 bits per heavy atom. The number of rotatable bonds is 9. The van der Waals surface area contributed by atoms with Gasteiger partial charge in [-0.1, -0.05) is 21.4 Å². The van der Waals surface area contributed by atoms with Crippen LogP contribution in [-0.2, 0) is 18.7 Å². The summed E-state index contributed by atoms with van der Waals surface area (Å²) in [7, 11) is 0.318. The third-order valence-corrected chi connectivity index (χ3v) is 4.92. The lowest BCUT2D eigenvalue weighted by Crippen LogP contribution is -2.28. The molecule has 0 aromatic carbocycles. The topological polar surface area (TPSA) is 44.8 Å². The molecule has 0 aromatic heterocycles. The van der Waals surface area contributed by atoms with Crippen molar-refractivity contribution in [2.24, 2.45) is 0 Å². The lowest BCUT2D eigenvalue weighted by molar-refractivity contribution is -0.139. The Bertz CT molecular complexity index is 217. The zero-order valence-corrected chi connectivity index (χ0v) is 11.5. The van der Waals surface area contributed by atoms with Crippen molar-refractivity contribution in [2.75, 3.05) is 26.9 Å². The van der Waals surface area contributed by atoms with Gasteiger partial charge < -0.3 is 13.9 Å². The van der Waals surface area contributed by atoms with Crippen LogP contribution in [0, 0.1) is 0 Å². The van der Waals surface area contributed by atoms with Crippen molar-refractivity contribution in [3.05, 3.63) is 12.7 Å². The Morgan fingerprint density at radius 1 is 1.22 bits per heavy atom. The van der Waals surface area contributed by atoms with Crippen LogP contribution in [0.25, 0.3) is 0 Å². The van der Waals surface area contributed by atoms with E-state index in [9.17, 15) is 4.79 Å². The molecule has 0 aliphatic carbocycles. The summed E-state index contributed by atoms with van der Waals surface area (Å²) in [6.45, 7) is 9.07. The Morgan fingerprint density at radius 3 is 2.33 bits per heavy atom. The second kappa shape index (κ2) is 12.8. The van der Waals surface area contributed by atoms with Crippen molar-refractivity contribution in [1.82, 2.24) is 0 Å². The summed E-state index contributed by atoms with van der Waals surface area (Å²) < 4.78 is 15.5. The van der Waals surface area contributed by atoms with E-state index < -0.39 is 14.3 Å². The highest BCUT2D eigenvalue weighted by atomic mass is 28.4. The van der Waals surface area contributed by atoms with Gasteiger partial charge in [-0.15, -0.1) is 0 Å². The van der Waals surface area contributed by atoms with Crippen LogP contribution >= 0.6 is 0 Å². The molecule has 5 heteroatoms. The van der Waals surface area contributed by atoms with Gasteiger partial charge in [-0.3, -0.25) is 0 Å². The van der Waals surface area contributed by atoms with Crippen LogP contribution in [0.4, 0.5) is 0 Å². The first-order valence-electron chi connectivity index (χ1n) is 5.44. The van der Waals surface area contributed by atoms with Gasteiger partial charge in [0.05, 0.1) is 6.61 Å². The highest BCUT2D eigenvalue weighted by Gasteiger charge is 2.19. The summed E-state index contributed by atoms with van der Waals surface area (Å²) in [6, 6.07) is 1.08. The summed E-state index contributed by atoms with van der Waals surface area (Å²) >= 11 is 0. The number of carbonyl (C=O) groups excluding carboxylic acids is 1. The predicted octanol–water partition coefficient (Wildman–Crippen LogP) is 3.25. The zero-order valence-electron chi connectivity index (χ0n) is 10.5. The van der Waals surface area contributed by atoms with Crippen LogP contribution in [0.5, 0.6) is 0 Å². The predicted molar refractivity (Wildman–Crippen MR) is 79.4 cm³/mol. The molecule has 0 saturated heterocycles. The van der Waals surface area contributed by atoms with E-state index in [-0.39, 0.29) is 21.5 Å². The van der Waals surface area contributed by atoms with E-state index in [1.807, 2.05) is 0 Å². The van der Waals surface area contributed by atoms with Crippen LogP contribution in [0.1, 0.15) is 21.3 Å². The molecule has 110 valence electrons. The molecule has 0 bridgehead atoms. The minimum Gasteiger partial charge on any atom is -0.460 e. The fourth-order valence-corrected chi connectivity index (χ4v) is 2.26. The van der Waals surface area contributed by atoms with Gasteiger partial charge in [-0.25, -0.2) is 4.79 Å². The molecule has 0 amide bonds. The molecule has 0 aromatic rings. The summed E-state index contributed by atoms with van der Waals surface area (Å²) in [6.07, 6.45) is 2.13. The molecule has 0 N–H and O–H groups in total. The van der Waals surface area contributed by atoms with Gasteiger partial charge in [0.25, 0.3) is 0 Å². The summed E-state index contributed by atoms with van der Waals surface area (Å²) in [4.78, 5) is 10.7. The monoisotopic (exact) mass is 278 g/mol. The van der Waals surface area contributed by atoms with Crippen LogP contribution in [0.3, 0.4) is 0 Å². The maximum absolute atomic E-state index is 10.7.